The second kappa shape index (κ2) is 9.48. The van der Waals surface area contributed by atoms with E-state index in [9.17, 15) is 4.79 Å². The fourth-order valence-electron chi connectivity index (χ4n) is 3.45. The molecule has 0 aliphatic heterocycles. The third-order valence-electron chi connectivity index (χ3n) is 4.68. The zero-order valence-corrected chi connectivity index (χ0v) is 17.9. The molecule has 0 unspecified atom stereocenters. The van der Waals surface area contributed by atoms with Crippen LogP contribution in [0.2, 0.25) is 0 Å². The number of aliphatic carboxylic acids is 1. The largest absolute Gasteiger partial charge is 0.496 e. The van der Waals surface area contributed by atoms with Crippen LogP contribution in [0, 0.1) is 5.92 Å². The second-order valence-electron chi connectivity index (χ2n) is 7.53. The van der Waals surface area contributed by atoms with E-state index < -0.39 is 5.97 Å². The lowest BCUT2D eigenvalue weighted by molar-refractivity contribution is -0.136. The van der Waals surface area contributed by atoms with Crippen molar-refractivity contribution in [2.75, 3.05) is 13.7 Å². The molecule has 0 saturated carbocycles. The topological polar surface area (TPSA) is 73.6 Å². The fourth-order valence-corrected chi connectivity index (χ4v) is 3.45. The predicted octanol–water partition coefficient (Wildman–Crippen LogP) is 4.91. The quantitative estimate of drug-likeness (QED) is 0.545. The first-order chi connectivity index (χ1) is 14.4. The molecule has 0 radical (unpaired) electrons. The van der Waals surface area contributed by atoms with Gasteiger partial charge in [-0.1, -0.05) is 32.0 Å². The van der Waals surface area contributed by atoms with Crippen LogP contribution in [0.1, 0.15) is 26.3 Å². The average molecular weight is 408 g/mol. The van der Waals surface area contributed by atoms with Crippen molar-refractivity contribution in [3.05, 3.63) is 54.1 Å². The van der Waals surface area contributed by atoms with Gasteiger partial charge in [-0.05, 0) is 48.7 Å². The van der Waals surface area contributed by atoms with E-state index >= 15 is 0 Å². The highest BCUT2D eigenvalue weighted by Gasteiger charge is 2.18. The molecule has 6 nitrogen and oxygen atoms in total. The van der Waals surface area contributed by atoms with Crippen molar-refractivity contribution < 1.29 is 19.4 Å². The Morgan fingerprint density at radius 2 is 1.87 bits per heavy atom. The van der Waals surface area contributed by atoms with Gasteiger partial charge >= 0.3 is 5.97 Å². The van der Waals surface area contributed by atoms with Crippen molar-refractivity contribution in [1.29, 1.82) is 0 Å². The van der Waals surface area contributed by atoms with E-state index in [0.717, 1.165) is 34.8 Å². The minimum atomic E-state index is -0.872. The zero-order valence-electron chi connectivity index (χ0n) is 17.9. The molecule has 158 valence electrons. The maximum Gasteiger partial charge on any atom is 0.307 e. The Hall–Kier alpha value is -3.28. The number of carboxylic acids is 1. The summed E-state index contributed by atoms with van der Waals surface area (Å²) in [5.41, 5.74) is 4.13. The van der Waals surface area contributed by atoms with Gasteiger partial charge < -0.3 is 14.6 Å². The van der Waals surface area contributed by atoms with Crippen LogP contribution in [0.25, 0.3) is 22.5 Å². The SMILES string of the molecule is CCOc1ccccc1-c1cc(-c2cc(CC(=O)O)ccc2OC)nn1CC(C)C. The molecular formula is C24H28N2O4. The molecular weight excluding hydrogens is 380 g/mol. The molecule has 6 heteroatoms. The summed E-state index contributed by atoms with van der Waals surface area (Å²) in [6, 6.07) is 15.3. The summed E-state index contributed by atoms with van der Waals surface area (Å²) in [5.74, 6) is 0.991. The van der Waals surface area contributed by atoms with E-state index in [0.29, 0.717) is 23.8 Å². The van der Waals surface area contributed by atoms with Crippen molar-refractivity contribution >= 4 is 5.97 Å². The molecule has 3 rings (SSSR count). The number of hydrogen-bond donors (Lipinski definition) is 1. The smallest absolute Gasteiger partial charge is 0.307 e. The maximum absolute atomic E-state index is 11.2. The van der Waals surface area contributed by atoms with Crippen LogP contribution in [-0.4, -0.2) is 34.6 Å². The third kappa shape index (κ3) is 4.82. The van der Waals surface area contributed by atoms with Gasteiger partial charge in [0, 0.05) is 17.7 Å². The minimum Gasteiger partial charge on any atom is -0.496 e. The molecule has 2 aromatic carbocycles. The van der Waals surface area contributed by atoms with Gasteiger partial charge in [-0.3, -0.25) is 9.48 Å². The van der Waals surface area contributed by atoms with E-state index in [1.54, 1.807) is 19.2 Å². The normalized spacial score (nSPS) is 11.0. The number of ether oxygens (including phenoxy) is 2. The highest BCUT2D eigenvalue weighted by Crippen LogP contribution is 2.36. The molecule has 0 amide bonds. The summed E-state index contributed by atoms with van der Waals surface area (Å²) in [7, 11) is 1.60. The van der Waals surface area contributed by atoms with E-state index in [2.05, 4.69) is 13.8 Å². The number of nitrogens with zero attached hydrogens (tertiary/aromatic N) is 2. The third-order valence-corrected chi connectivity index (χ3v) is 4.68. The first-order valence-electron chi connectivity index (χ1n) is 10.1. The predicted molar refractivity (Wildman–Crippen MR) is 117 cm³/mol. The summed E-state index contributed by atoms with van der Waals surface area (Å²) in [6.07, 6.45) is -0.0519. The van der Waals surface area contributed by atoms with Crippen LogP contribution in [0.3, 0.4) is 0 Å². The van der Waals surface area contributed by atoms with Gasteiger partial charge in [-0.25, -0.2) is 0 Å². The van der Waals surface area contributed by atoms with Gasteiger partial charge in [0.25, 0.3) is 0 Å². The van der Waals surface area contributed by atoms with Crippen LogP contribution >= 0.6 is 0 Å². The molecule has 0 aliphatic rings. The minimum absolute atomic E-state index is 0.0519. The summed E-state index contributed by atoms with van der Waals surface area (Å²) in [5, 5.41) is 14.0. The number of rotatable bonds is 9. The van der Waals surface area contributed by atoms with Crippen molar-refractivity contribution in [1.82, 2.24) is 9.78 Å². The molecule has 0 atom stereocenters. The first kappa shape index (κ1) is 21.4. The van der Waals surface area contributed by atoms with Crippen LogP contribution < -0.4 is 9.47 Å². The molecule has 1 N–H and O–H groups in total. The van der Waals surface area contributed by atoms with E-state index in [1.807, 2.05) is 48.0 Å². The molecule has 0 aliphatic carbocycles. The van der Waals surface area contributed by atoms with Gasteiger partial charge in [0.1, 0.15) is 11.5 Å². The van der Waals surface area contributed by atoms with Crippen LogP contribution in [0.4, 0.5) is 0 Å². The van der Waals surface area contributed by atoms with Crippen LogP contribution in [0.5, 0.6) is 11.5 Å². The Morgan fingerprint density at radius 3 is 2.53 bits per heavy atom. The van der Waals surface area contributed by atoms with Crippen molar-refractivity contribution in [2.24, 2.45) is 5.92 Å². The number of carboxylic acid groups (broad SMARTS) is 1. The number of aromatic nitrogens is 2. The molecule has 0 saturated heterocycles. The second-order valence-corrected chi connectivity index (χ2v) is 7.53. The number of methoxy groups -OCH3 is 1. The zero-order chi connectivity index (χ0) is 21.7. The molecule has 1 heterocycles. The van der Waals surface area contributed by atoms with E-state index in [1.165, 1.54) is 0 Å². The molecule has 0 bridgehead atoms. The molecule has 0 fully saturated rings. The van der Waals surface area contributed by atoms with E-state index in [4.69, 9.17) is 19.7 Å². The number of para-hydroxylation sites is 1. The van der Waals surface area contributed by atoms with Crippen LogP contribution in [-0.2, 0) is 17.8 Å². The Labute approximate surface area is 177 Å². The van der Waals surface area contributed by atoms with Gasteiger partial charge in [0.15, 0.2) is 0 Å². The summed E-state index contributed by atoms with van der Waals surface area (Å²) >= 11 is 0. The Balaban J connectivity index is 2.15. The molecule has 1 aromatic heterocycles. The van der Waals surface area contributed by atoms with Crippen molar-refractivity contribution in [3.63, 3.8) is 0 Å². The monoisotopic (exact) mass is 408 g/mol. The summed E-state index contributed by atoms with van der Waals surface area (Å²) < 4.78 is 13.4. The lowest BCUT2D eigenvalue weighted by Crippen LogP contribution is -2.08. The first-order valence-corrected chi connectivity index (χ1v) is 10.1. The standard InChI is InChI=1S/C24H28N2O4/c1-5-30-23-9-7-6-8-18(23)21-14-20(25-26(21)15-16(2)3)19-12-17(13-24(27)28)10-11-22(19)29-4/h6-12,14,16H,5,13,15H2,1-4H3,(H,27,28). The maximum atomic E-state index is 11.2. The molecule has 0 spiro atoms. The molecule has 30 heavy (non-hydrogen) atoms. The summed E-state index contributed by atoms with van der Waals surface area (Å²) in [4.78, 5) is 11.2. The Bertz CT molecular complexity index is 1020. The Morgan fingerprint density at radius 1 is 1.10 bits per heavy atom. The van der Waals surface area contributed by atoms with Crippen molar-refractivity contribution in [2.45, 2.75) is 33.7 Å². The van der Waals surface area contributed by atoms with Gasteiger partial charge in [0.05, 0.1) is 31.5 Å². The van der Waals surface area contributed by atoms with E-state index in [-0.39, 0.29) is 6.42 Å². The highest BCUT2D eigenvalue weighted by atomic mass is 16.5. The van der Waals surface area contributed by atoms with Gasteiger partial charge in [-0.15, -0.1) is 0 Å². The highest BCUT2D eigenvalue weighted by molar-refractivity contribution is 5.77. The number of hydrogen-bond acceptors (Lipinski definition) is 4. The lowest BCUT2D eigenvalue weighted by Gasteiger charge is -2.13. The summed E-state index contributed by atoms with van der Waals surface area (Å²) in [6.45, 7) is 7.58. The lowest BCUT2D eigenvalue weighted by atomic mass is 10.0. The average Bonchev–Trinajstić information content (AvgIpc) is 3.11. The number of benzene rings is 2. The van der Waals surface area contributed by atoms with Gasteiger partial charge in [0.2, 0.25) is 0 Å². The fraction of sp³-hybridized carbons (Fsp3) is 0.333. The Kier molecular flexibility index (Phi) is 6.77. The number of carbonyl (C=O) groups is 1. The molecule has 3 aromatic rings. The van der Waals surface area contributed by atoms with Gasteiger partial charge in [-0.2, -0.15) is 5.10 Å². The van der Waals surface area contributed by atoms with Crippen LogP contribution in [0.15, 0.2) is 48.5 Å². The van der Waals surface area contributed by atoms with Crippen molar-refractivity contribution in [3.8, 4) is 34.0 Å².